The Hall–Kier alpha value is -1.35. The van der Waals surface area contributed by atoms with Crippen molar-refractivity contribution in [2.75, 3.05) is 27.2 Å². The van der Waals surface area contributed by atoms with E-state index in [-0.39, 0.29) is 5.92 Å². The molecular formula is C15H22N2O. The average molecular weight is 246 g/mol. The zero-order chi connectivity index (χ0) is 13.1. The molecule has 0 aliphatic heterocycles. The molecule has 0 bridgehead atoms. The first kappa shape index (κ1) is 13.1. The van der Waals surface area contributed by atoms with E-state index < -0.39 is 0 Å². The number of benzene rings is 1. The van der Waals surface area contributed by atoms with Crippen LogP contribution in [-0.2, 0) is 4.79 Å². The molecule has 18 heavy (non-hydrogen) atoms. The Labute approximate surface area is 109 Å². The van der Waals surface area contributed by atoms with Crippen molar-refractivity contribution >= 4 is 5.91 Å². The van der Waals surface area contributed by atoms with Crippen LogP contribution in [0.25, 0.3) is 0 Å². The zero-order valence-electron chi connectivity index (χ0n) is 11.4. The Morgan fingerprint density at radius 3 is 2.83 bits per heavy atom. The number of nitrogens with zero attached hydrogens (tertiary/aromatic N) is 1. The van der Waals surface area contributed by atoms with Crippen molar-refractivity contribution in [1.29, 1.82) is 0 Å². The van der Waals surface area contributed by atoms with Gasteiger partial charge in [0, 0.05) is 26.1 Å². The Morgan fingerprint density at radius 2 is 2.17 bits per heavy atom. The Kier molecular flexibility index (Phi) is 4.02. The Bertz CT molecular complexity index is 430. The van der Waals surface area contributed by atoms with Crippen LogP contribution in [0, 0.1) is 12.8 Å². The van der Waals surface area contributed by atoms with Crippen LogP contribution in [0.4, 0.5) is 0 Å². The maximum Gasteiger partial charge on any atom is 0.226 e. The van der Waals surface area contributed by atoms with Crippen molar-refractivity contribution in [3.8, 4) is 0 Å². The molecule has 98 valence electrons. The summed E-state index contributed by atoms with van der Waals surface area (Å²) in [5.74, 6) is 0.933. The van der Waals surface area contributed by atoms with Gasteiger partial charge in [-0.1, -0.05) is 24.3 Å². The van der Waals surface area contributed by atoms with Gasteiger partial charge < -0.3 is 10.2 Å². The number of aryl methyl sites for hydroxylation is 1. The monoisotopic (exact) mass is 246 g/mol. The van der Waals surface area contributed by atoms with Gasteiger partial charge in [-0.25, -0.2) is 0 Å². The molecule has 1 aromatic rings. The molecule has 1 fully saturated rings. The number of likely N-dealkylation sites (N-methyl/N-ethyl adjacent to an activating group) is 2. The molecule has 1 aromatic carbocycles. The molecular weight excluding hydrogens is 224 g/mol. The van der Waals surface area contributed by atoms with E-state index in [4.69, 9.17) is 0 Å². The molecule has 0 saturated heterocycles. The van der Waals surface area contributed by atoms with Crippen molar-refractivity contribution in [2.24, 2.45) is 5.92 Å². The molecule has 2 atom stereocenters. The summed E-state index contributed by atoms with van der Waals surface area (Å²) in [4.78, 5) is 14.1. The SMILES string of the molecule is CNCCN(C)C(=O)C1CC1c1ccccc1C. The molecule has 1 amide bonds. The molecule has 3 nitrogen and oxygen atoms in total. The van der Waals surface area contributed by atoms with Gasteiger partial charge in [-0.2, -0.15) is 0 Å². The third-order valence-corrected chi connectivity index (χ3v) is 3.77. The molecule has 1 N–H and O–H groups in total. The lowest BCUT2D eigenvalue weighted by Gasteiger charge is -2.17. The van der Waals surface area contributed by atoms with Crippen LogP contribution >= 0.6 is 0 Å². The van der Waals surface area contributed by atoms with Crippen LogP contribution in [-0.4, -0.2) is 38.0 Å². The Balaban J connectivity index is 1.95. The van der Waals surface area contributed by atoms with Crippen molar-refractivity contribution in [1.82, 2.24) is 10.2 Å². The first-order chi connectivity index (χ1) is 8.65. The van der Waals surface area contributed by atoms with E-state index in [9.17, 15) is 4.79 Å². The zero-order valence-corrected chi connectivity index (χ0v) is 11.4. The lowest BCUT2D eigenvalue weighted by molar-refractivity contribution is -0.131. The quantitative estimate of drug-likeness (QED) is 0.859. The van der Waals surface area contributed by atoms with E-state index in [1.54, 1.807) is 0 Å². The van der Waals surface area contributed by atoms with Crippen LogP contribution in [0.15, 0.2) is 24.3 Å². The second-order valence-corrected chi connectivity index (χ2v) is 5.17. The fraction of sp³-hybridized carbons (Fsp3) is 0.533. The van der Waals surface area contributed by atoms with Gasteiger partial charge in [0.15, 0.2) is 0 Å². The molecule has 1 aliphatic rings. The number of hydrogen-bond donors (Lipinski definition) is 1. The van der Waals surface area contributed by atoms with Gasteiger partial charge >= 0.3 is 0 Å². The van der Waals surface area contributed by atoms with E-state index in [1.807, 2.05) is 19.0 Å². The largest absolute Gasteiger partial charge is 0.344 e. The van der Waals surface area contributed by atoms with E-state index in [2.05, 4.69) is 36.5 Å². The smallest absolute Gasteiger partial charge is 0.226 e. The fourth-order valence-electron chi connectivity index (χ4n) is 2.49. The molecule has 1 saturated carbocycles. The van der Waals surface area contributed by atoms with E-state index >= 15 is 0 Å². The van der Waals surface area contributed by atoms with Gasteiger partial charge in [0.05, 0.1) is 0 Å². The van der Waals surface area contributed by atoms with Gasteiger partial charge in [0.25, 0.3) is 0 Å². The minimum Gasteiger partial charge on any atom is -0.344 e. The van der Waals surface area contributed by atoms with Gasteiger partial charge in [0.2, 0.25) is 5.91 Å². The molecule has 3 heteroatoms. The van der Waals surface area contributed by atoms with Crippen molar-refractivity contribution in [3.63, 3.8) is 0 Å². The lowest BCUT2D eigenvalue weighted by atomic mass is 10.0. The van der Waals surface area contributed by atoms with Crippen LogP contribution in [0.1, 0.15) is 23.5 Å². The number of amides is 1. The van der Waals surface area contributed by atoms with Crippen LogP contribution < -0.4 is 5.32 Å². The molecule has 0 spiro atoms. The fourth-order valence-corrected chi connectivity index (χ4v) is 2.49. The average Bonchev–Trinajstić information content (AvgIpc) is 3.15. The molecule has 2 unspecified atom stereocenters. The summed E-state index contributed by atoms with van der Waals surface area (Å²) in [6, 6.07) is 8.39. The number of rotatable bonds is 5. The minimum atomic E-state index is 0.202. The summed E-state index contributed by atoms with van der Waals surface area (Å²) in [6.45, 7) is 3.76. The molecule has 0 radical (unpaired) electrons. The maximum atomic E-state index is 12.2. The predicted octanol–water partition coefficient (Wildman–Crippen LogP) is 1.78. The summed E-state index contributed by atoms with van der Waals surface area (Å²) in [6.07, 6.45) is 1.01. The maximum absolute atomic E-state index is 12.2. The van der Waals surface area contributed by atoms with E-state index in [0.717, 1.165) is 19.5 Å². The summed E-state index contributed by atoms with van der Waals surface area (Å²) < 4.78 is 0. The normalized spacial score (nSPS) is 21.7. The third kappa shape index (κ3) is 2.72. The highest BCUT2D eigenvalue weighted by atomic mass is 16.2. The first-order valence-corrected chi connectivity index (χ1v) is 6.60. The summed E-state index contributed by atoms with van der Waals surface area (Å²) in [5, 5.41) is 3.07. The van der Waals surface area contributed by atoms with Gasteiger partial charge in [-0.15, -0.1) is 0 Å². The van der Waals surface area contributed by atoms with Gasteiger partial charge in [-0.05, 0) is 37.4 Å². The van der Waals surface area contributed by atoms with Crippen LogP contribution in [0.5, 0.6) is 0 Å². The van der Waals surface area contributed by atoms with Gasteiger partial charge in [0.1, 0.15) is 0 Å². The highest BCUT2D eigenvalue weighted by molar-refractivity contribution is 5.82. The second kappa shape index (κ2) is 5.53. The molecule has 1 aliphatic carbocycles. The number of carbonyl (C=O) groups excluding carboxylic acids is 1. The molecule has 2 rings (SSSR count). The summed E-state index contributed by atoms with van der Waals surface area (Å²) >= 11 is 0. The van der Waals surface area contributed by atoms with Crippen LogP contribution in [0.3, 0.4) is 0 Å². The Morgan fingerprint density at radius 1 is 1.44 bits per heavy atom. The molecule has 0 aromatic heterocycles. The number of nitrogens with one attached hydrogen (secondary N) is 1. The van der Waals surface area contributed by atoms with Crippen molar-refractivity contribution in [3.05, 3.63) is 35.4 Å². The highest BCUT2D eigenvalue weighted by Gasteiger charge is 2.45. The number of hydrogen-bond acceptors (Lipinski definition) is 2. The first-order valence-electron chi connectivity index (χ1n) is 6.60. The van der Waals surface area contributed by atoms with Crippen LogP contribution in [0.2, 0.25) is 0 Å². The topological polar surface area (TPSA) is 32.3 Å². The second-order valence-electron chi connectivity index (χ2n) is 5.17. The summed E-state index contributed by atoms with van der Waals surface area (Å²) in [7, 11) is 3.80. The minimum absolute atomic E-state index is 0.202. The van der Waals surface area contributed by atoms with Crippen molar-refractivity contribution in [2.45, 2.75) is 19.3 Å². The lowest BCUT2D eigenvalue weighted by Crippen LogP contribution is -2.34. The van der Waals surface area contributed by atoms with Gasteiger partial charge in [-0.3, -0.25) is 4.79 Å². The third-order valence-electron chi connectivity index (χ3n) is 3.77. The highest BCUT2D eigenvalue weighted by Crippen LogP contribution is 2.49. The standard InChI is InChI=1S/C15H22N2O/c1-11-6-4-5-7-12(11)13-10-14(13)15(18)17(3)9-8-16-2/h4-7,13-14,16H,8-10H2,1-3H3. The van der Waals surface area contributed by atoms with Crippen molar-refractivity contribution < 1.29 is 4.79 Å². The van der Waals surface area contributed by atoms with E-state index in [0.29, 0.717) is 11.8 Å². The summed E-state index contributed by atoms with van der Waals surface area (Å²) in [5.41, 5.74) is 2.65. The predicted molar refractivity (Wildman–Crippen MR) is 73.6 cm³/mol. The molecule has 0 heterocycles. The van der Waals surface area contributed by atoms with E-state index in [1.165, 1.54) is 11.1 Å². The number of carbonyl (C=O) groups is 1.